The molecule has 3 rings (SSSR count). The van der Waals surface area contributed by atoms with Crippen LogP contribution < -0.4 is 4.74 Å². The van der Waals surface area contributed by atoms with Crippen LogP contribution in [0.2, 0.25) is 0 Å². The molecule has 0 saturated carbocycles. The lowest BCUT2D eigenvalue weighted by molar-refractivity contribution is 0.206. The lowest BCUT2D eigenvalue weighted by Gasteiger charge is -2.12. The molecular weight excluding hydrogens is 264 g/mol. The van der Waals surface area contributed by atoms with E-state index in [1.54, 1.807) is 0 Å². The first kappa shape index (κ1) is 13.6. The predicted octanol–water partition coefficient (Wildman–Crippen LogP) is 3.05. The number of hydrogen-bond donors (Lipinski definition) is 1. The zero-order chi connectivity index (χ0) is 14.8. The maximum atomic E-state index is 10.6. The standard InChI is InChI=1S/C17H18N2O2/c1-3-21-13-10-8-12(9-11-13)16(20)17-18-14-6-4-5-7-15(14)19(17)2/h4-11,16,20H,3H2,1-2H3/t16-/m1/s1. The summed E-state index contributed by atoms with van der Waals surface area (Å²) in [4.78, 5) is 4.53. The van der Waals surface area contributed by atoms with Crippen LogP contribution in [0.4, 0.5) is 0 Å². The van der Waals surface area contributed by atoms with E-state index in [2.05, 4.69) is 4.98 Å². The number of ether oxygens (including phenoxy) is 1. The van der Waals surface area contributed by atoms with Gasteiger partial charge in [0.25, 0.3) is 0 Å². The van der Waals surface area contributed by atoms with Crippen molar-refractivity contribution in [1.82, 2.24) is 9.55 Å². The highest BCUT2D eigenvalue weighted by atomic mass is 16.5. The second-order valence-electron chi connectivity index (χ2n) is 4.92. The number of aliphatic hydroxyl groups is 1. The van der Waals surface area contributed by atoms with Gasteiger partial charge in [0.1, 0.15) is 17.7 Å². The van der Waals surface area contributed by atoms with Crippen molar-refractivity contribution >= 4 is 11.0 Å². The second-order valence-corrected chi connectivity index (χ2v) is 4.92. The van der Waals surface area contributed by atoms with E-state index in [-0.39, 0.29) is 0 Å². The molecule has 0 aliphatic carbocycles. The normalized spacial score (nSPS) is 12.5. The van der Waals surface area contributed by atoms with Crippen molar-refractivity contribution in [2.24, 2.45) is 7.05 Å². The molecule has 0 amide bonds. The molecule has 4 nitrogen and oxygen atoms in total. The number of para-hydroxylation sites is 2. The van der Waals surface area contributed by atoms with Crippen molar-refractivity contribution in [2.75, 3.05) is 6.61 Å². The van der Waals surface area contributed by atoms with Gasteiger partial charge in [0.05, 0.1) is 17.6 Å². The topological polar surface area (TPSA) is 47.3 Å². The zero-order valence-corrected chi connectivity index (χ0v) is 12.2. The monoisotopic (exact) mass is 282 g/mol. The van der Waals surface area contributed by atoms with Crippen LogP contribution in [0.15, 0.2) is 48.5 Å². The molecule has 1 N–H and O–H groups in total. The number of nitrogens with zero attached hydrogens (tertiary/aromatic N) is 2. The third-order valence-electron chi connectivity index (χ3n) is 3.57. The number of fused-ring (bicyclic) bond motifs is 1. The highest BCUT2D eigenvalue weighted by Crippen LogP contribution is 2.26. The zero-order valence-electron chi connectivity index (χ0n) is 12.2. The van der Waals surface area contributed by atoms with Crippen molar-refractivity contribution in [3.63, 3.8) is 0 Å². The summed E-state index contributed by atoms with van der Waals surface area (Å²) in [6.07, 6.45) is -0.752. The molecule has 1 aromatic heterocycles. The van der Waals surface area contributed by atoms with Gasteiger partial charge in [-0.15, -0.1) is 0 Å². The summed E-state index contributed by atoms with van der Waals surface area (Å²) in [6, 6.07) is 15.3. The van der Waals surface area contributed by atoms with Crippen molar-refractivity contribution in [3.8, 4) is 5.75 Å². The Labute approximate surface area is 123 Å². The van der Waals surface area contributed by atoms with Gasteiger partial charge in [-0.2, -0.15) is 0 Å². The number of imidazole rings is 1. The van der Waals surface area contributed by atoms with Crippen molar-refractivity contribution in [1.29, 1.82) is 0 Å². The van der Waals surface area contributed by atoms with Gasteiger partial charge >= 0.3 is 0 Å². The summed E-state index contributed by atoms with van der Waals surface area (Å²) >= 11 is 0. The highest BCUT2D eigenvalue weighted by Gasteiger charge is 2.17. The number of aryl methyl sites for hydroxylation is 1. The van der Waals surface area contributed by atoms with Gasteiger partial charge in [-0.1, -0.05) is 24.3 Å². The summed E-state index contributed by atoms with van der Waals surface area (Å²) in [6.45, 7) is 2.58. The van der Waals surface area contributed by atoms with Gasteiger partial charge in [-0.05, 0) is 36.8 Å². The molecule has 0 radical (unpaired) electrons. The fourth-order valence-corrected chi connectivity index (χ4v) is 2.47. The van der Waals surface area contributed by atoms with Gasteiger partial charge in [-0.3, -0.25) is 0 Å². The van der Waals surface area contributed by atoms with Gasteiger partial charge in [0.15, 0.2) is 0 Å². The third kappa shape index (κ3) is 2.50. The van der Waals surface area contributed by atoms with Crippen molar-refractivity contribution < 1.29 is 9.84 Å². The molecule has 1 atom stereocenters. The Morgan fingerprint density at radius 3 is 2.52 bits per heavy atom. The molecule has 4 heteroatoms. The minimum absolute atomic E-state index is 0.632. The van der Waals surface area contributed by atoms with Gasteiger partial charge in [-0.25, -0.2) is 4.98 Å². The van der Waals surface area contributed by atoms with E-state index in [0.717, 1.165) is 22.3 Å². The molecule has 21 heavy (non-hydrogen) atoms. The Bertz CT molecular complexity index is 747. The minimum atomic E-state index is -0.752. The molecule has 0 unspecified atom stereocenters. The van der Waals surface area contributed by atoms with Crippen LogP contribution in [0.25, 0.3) is 11.0 Å². The number of hydrogen-bond acceptors (Lipinski definition) is 3. The van der Waals surface area contributed by atoms with Gasteiger partial charge in [0, 0.05) is 7.05 Å². The first-order chi connectivity index (χ1) is 10.2. The molecule has 3 aromatic rings. The Balaban J connectivity index is 1.96. The van der Waals surface area contributed by atoms with E-state index in [1.165, 1.54) is 0 Å². The second kappa shape index (κ2) is 5.58. The lowest BCUT2D eigenvalue weighted by atomic mass is 10.1. The van der Waals surface area contributed by atoms with Crippen LogP contribution in [0.1, 0.15) is 24.4 Å². The molecule has 0 bridgehead atoms. The molecule has 0 saturated heterocycles. The van der Waals surface area contributed by atoms with Crippen LogP contribution in [0.5, 0.6) is 5.75 Å². The van der Waals surface area contributed by atoms with Crippen molar-refractivity contribution in [3.05, 3.63) is 59.9 Å². The fraction of sp³-hybridized carbons (Fsp3) is 0.235. The van der Waals surface area contributed by atoms with Crippen LogP contribution in [0, 0.1) is 0 Å². The van der Waals surface area contributed by atoms with Crippen LogP contribution in [0.3, 0.4) is 0 Å². The Morgan fingerprint density at radius 1 is 1.14 bits per heavy atom. The third-order valence-corrected chi connectivity index (χ3v) is 3.57. The van der Waals surface area contributed by atoms with Crippen LogP contribution in [-0.2, 0) is 7.05 Å². The quantitative estimate of drug-likeness (QED) is 0.800. The lowest BCUT2D eigenvalue weighted by Crippen LogP contribution is -2.07. The first-order valence-electron chi connectivity index (χ1n) is 7.03. The average Bonchev–Trinajstić information content (AvgIpc) is 2.85. The Hall–Kier alpha value is -2.33. The minimum Gasteiger partial charge on any atom is -0.494 e. The molecule has 2 aromatic carbocycles. The molecule has 0 aliphatic heterocycles. The van der Waals surface area contributed by atoms with E-state index in [4.69, 9.17) is 4.74 Å². The molecule has 0 spiro atoms. The first-order valence-corrected chi connectivity index (χ1v) is 7.03. The number of aromatic nitrogens is 2. The maximum Gasteiger partial charge on any atom is 0.143 e. The summed E-state index contributed by atoms with van der Waals surface area (Å²) in [5.41, 5.74) is 2.70. The molecular formula is C17H18N2O2. The molecule has 0 aliphatic rings. The number of rotatable bonds is 4. The van der Waals surface area contributed by atoms with Crippen LogP contribution >= 0.6 is 0 Å². The maximum absolute atomic E-state index is 10.6. The number of aliphatic hydroxyl groups excluding tert-OH is 1. The fourth-order valence-electron chi connectivity index (χ4n) is 2.47. The van der Waals surface area contributed by atoms with Crippen LogP contribution in [-0.4, -0.2) is 21.3 Å². The largest absolute Gasteiger partial charge is 0.494 e. The highest BCUT2D eigenvalue weighted by molar-refractivity contribution is 5.76. The van der Waals surface area contributed by atoms with Gasteiger partial charge in [0.2, 0.25) is 0 Å². The van der Waals surface area contributed by atoms with Crippen molar-refractivity contribution in [2.45, 2.75) is 13.0 Å². The average molecular weight is 282 g/mol. The van der Waals surface area contributed by atoms with E-state index >= 15 is 0 Å². The Kier molecular flexibility index (Phi) is 3.62. The summed E-state index contributed by atoms with van der Waals surface area (Å²) < 4.78 is 7.34. The number of benzene rings is 2. The SMILES string of the molecule is CCOc1ccc([C@@H](O)c2nc3ccccc3n2C)cc1. The summed E-state index contributed by atoms with van der Waals surface area (Å²) in [5.74, 6) is 1.44. The van der Waals surface area contributed by atoms with E-state index in [1.807, 2.05) is 67.1 Å². The summed E-state index contributed by atoms with van der Waals surface area (Å²) in [5, 5.41) is 10.6. The van der Waals surface area contributed by atoms with E-state index in [9.17, 15) is 5.11 Å². The summed E-state index contributed by atoms with van der Waals surface area (Å²) in [7, 11) is 1.92. The van der Waals surface area contributed by atoms with E-state index in [0.29, 0.717) is 12.4 Å². The van der Waals surface area contributed by atoms with Gasteiger partial charge < -0.3 is 14.4 Å². The predicted molar refractivity (Wildman–Crippen MR) is 82.4 cm³/mol. The molecule has 108 valence electrons. The molecule has 0 fully saturated rings. The smallest absolute Gasteiger partial charge is 0.143 e. The Morgan fingerprint density at radius 2 is 1.86 bits per heavy atom. The van der Waals surface area contributed by atoms with E-state index < -0.39 is 6.10 Å². The molecule has 1 heterocycles.